The monoisotopic (exact) mass is 599 g/mol. The van der Waals surface area contributed by atoms with Crippen molar-refractivity contribution in [2.24, 2.45) is 0 Å². The van der Waals surface area contributed by atoms with Gasteiger partial charge in [-0.15, -0.1) is 0 Å². The largest absolute Gasteiger partial charge is 0.534 e. The Morgan fingerprint density at radius 1 is 0.806 bits per heavy atom. The van der Waals surface area contributed by atoms with Crippen LogP contribution in [0.2, 0.25) is 20.1 Å². The van der Waals surface area contributed by atoms with Crippen LogP contribution < -0.4 is 9.74 Å². The molecule has 0 atom stereocenters. The fourth-order valence-corrected chi connectivity index (χ4v) is 5.15. The fraction of sp³-hybridized carbons (Fsp3) is 0.0455. The molecular formula is C22H9Cl4F4NO4S. The van der Waals surface area contributed by atoms with E-state index in [1.54, 1.807) is 0 Å². The number of pyridine rings is 1. The van der Waals surface area contributed by atoms with E-state index in [0.29, 0.717) is 0 Å². The van der Waals surface area contributed by atoms with Crippen molar-refractivity contribution in [1.82, 2.24) is 4.57 Å². The summed E-state index contributed by atoms with van der Waals surface area (Å²) in [4.78, 5) is 12.9. The fourth-order valence-electron chi connectivity index (χ4n) is 3.45. The van der Waals surface area contributed by atoms with Gasteiger partial charge in [0.1, 0.15) is 11.6 Å². The van der Waals surface area contributed by atoms with E-state index in [4.69, 9.17) is 46.4 Å². The highest BCUT2D eigenvalue weighted by Crippen LogP contribution is 2.40. The van der Waals surface area contributed by atoms with Crippen LogP contribution >= 0.6 is 46.4 Å². The Bertz CT molecular complexity index is 1680. The zero-order valence-corrected chi connectivity index (χ0v) is 21.0. The van der Waals surface area contributed by atoms with Crippen LogP contribution in [0.3, 0.4) is 0 Å². The standard InChI is InChI=1S/C22H9Cl4F4NO4S/c23-10-5-17(25)21(18(26)6-10)31-19-9-12(35-36(33,34)22(28,29)30)8-15(14(19)3-4-20(31)32)13-2-1-11(27)7-16(13)24/h1-9H. The van der Waals surface area contributed by atoms with Gasteiger partial charge in [-0.2, -0.15) is 21.6 Å². The maximum atomic E-state index is 13.7. The number of rotatable bonds is 4. The third-order valence-electron chi connectivity index (χ3n) is 4.90. The first-order chi connectivity index (χ1) is 16.7. The second kappa shape index (κ2) is 9.42. The average Bonchev–Trinajstić information content (AvgIpc) is 2.73. The molecule has 0 bridgehead atoms. The molecule has 0 saturated heterocycles. The second-order valence-electron chi connectivity index (χ2n) is 7.24. The molecule has 188 valence electrons. The highest BCUT2D eigenvalue weighted by atomic mass is 35.5. The van der Waals surface area contributed by atoms with Gasteiger partial charge in [0.05, 0.1) is 26.3 Å². The number of aromatic nitrogens is 1. The van der Waals surface area contributed by atoms with Crippen LogP contribution in [0.25, 0.3) is 27.7 Å². The molecule has 5 nitrogen and oxygen atoms in total. The van der Waals surface area contributed by atoms with Gasteiger partial charge < -0.3 is 4.18 Å². The molecule has 1 aromatic heterocycles. The molecule has 4 aromatic rings. The van der Waals surface area contributed by atoms with Crippen molar-refractivity contribution >= 4 is 67.4 Å². The summed E-state index contributed by atoms with van der Waals surface area (Å²) in [6, 6.07) is 10.1. The number of alkyl halides is 3. The summed E-state index contributed by atoms with van der Waals surface area (Å²) in [7, 11) is -6.09. The van der Waals surface area contributed by atoms with Crippen molar-refractivity contribution in [1.29, 1.82) is 0 Å². The lowest BCUT2D eigenvalue weighted by atomic mass is 9.99. The Balaban J connectivity index is 2.15. The van der Waals surface area contributed by atoms with Crippen LogP contribution in [-0.4, -0.2) is 18.5 Å². The SMILES string of the molecule is O=c1ccc2c(-c3ccc(F)cc3Cl)cc(OS(=O)(=O)C(F)(F)F)cc2n1-c1c(Cl)cc(Cl)cc1Cl. The topological polar surface area (TPSA) is 65.4 Å². The van der Waals surface area contributed by atoms with E-state index in [-0.39, 0.29) is 47.8 Å². The van der Waals surface area contributed by atoms with Crippen molar-refractivity contribution in [2.45, 2.75) is 5.51 Å². The Labute approximate surface area is 220 Å². The van der Waals surface area contributed by atoms with Gasteiger partial charge in [-0.05, 0) is 48.0 Å². The van der Waals surface area contributed by atoms with Gasteiger partial charge >= 0.3 is 15.6 Å². The van der Waals surface area contributed by atoms with Crippen LogP contribution in [0.15, 0.2) is 59.4 Å². The third-order valence-corrected chi connectivity index (χ3v) is 6.99. The Morgan fingerprint density at radius 2 is 1.44 bits per heavy atom. The molecule has 14 heteroatoms. The minimum Gasteiger partial charge on any atom is -0.376 e. The van der Waals surface area contributed by atoms with Crippen molar-refractivity contribution < 1.29 is 30.2 Å². The first-order valence-electron chi connectivity index (χ1n) is 9.50. The molecule has 0 aliphatic carbocycles. The first-order valence-corrected chi connectivity index (χ1v) is 12.4. The lowest BCUT2D eigenvalue weighted by Crippen LogP contribution is -2.28. The maximum Gasteiger partial charge on any atom is 0.534 e. The summed E-state index contributed by atoms with van der Waals surface area (Å²) in [6.45, 7) is 0. The van der Waals surface area contributed by atoms with Crippen molar-refractivity contribution in [3.63, 3.8) is 0 Å². The third kappa shape index (κ3) is 4.88. The molecule has 0 saturated carbocycles. The molecule has 36 heavy (non-hydrogen) atoms. The number of halogens is 8. The highest BCUT2D eigenvalue weighted by molar-refractivity contribution is 7.88. The van der Waals surface area contributed by atoms with Gasteiger partial charge in [-0.3, -0.25) is 9.36 Å². The molecule has 1 heterocycles. The highest BCUT2D eigenvalue weighted by Gasteiger charge is 2.48. The summed E-state index contributed by atoms with van der Waals surface area (Å²) < 4.78 is 81.5. The number of nitrogens with zero attached hydrogens (tertiary/aromatic N) is 1. The van der Waals surface area contributed by atoms with Crippen molar-refractivity contribution in [2.75, 3.05) is 0 Å². The molecule has 0 unspecified atom stereocenters. The van der Waals surface area contributed by atoms with E-state index in [1.807, 2.05) is 0 Å². The smallest absolute Gasteiger partial charge is 0.376 e. The van der Waals surface area contributed by atoms with Crippen LogP contribution in [0.5, 0.6) is 5.75 Å². The molecule has 0 aliphatic heterocycles. The van der Waals surface area contributed by atoms with E-state index in [2.05, 4.69) is 4.18 Å². The van der Waals surface area contributed by atoms with Crippen molar-refractivity contribution in [3.8, 4) is 22.6 Å². The van der Waals surface area contributed by atoms with Crippen LogP contribution in [-0.2, 0) is 10.1 Å². The van der Waals surface area contributed by atoms with Crippen LogP contribution in [0.1, 0.15) is 0 Å². The Hall–Kier alpha value is -2.50. The number of hydrogen-bond acceptors (Lipinski definition) is 4. The molecule has 0 amide bonds. The van der Waals surface area contributed by atoms with Crippen molar-refractivity contribution in [3.05, 3.63) is 90.9 Å². The molecular weight excluding hydrogens is 592 g/mol. The lowest BCUT2D eigenvalue weighted by Gasteiger charge is -2.18. The van der Waals surface area contributed by atoms with Gasteiger partial charge in [-0.25, -0.2) is 4.39 Å². The molecule has 0 radical (unpaired) electrons. The quantitative estimate of drug-likeness (QED) is 0.137. The molecule has 0 spiro atoms. The first kappa shape index (κ1) is 26.6. The molecule has 0 N–H and O–H groups in total. The van der Waals surface area contributed by atoms with E-state index in [0.717, 1.165) is 34.9 Å². The summed E-state index contributed by atoms with van der Waals surface area (Å²) in [5.41, 5.74) is -6.55. The molecule has 0 fully saturated rings. The van der Waals surface area contributed by atoms with Gasteiger partial charge in [0.25, 0.3) is 5.56 Å². The maximum absolute atomic E-state index is 13.7. The lowest BCUT2D eigenvalue weighted by molar-refractivity contribution is -0.0500. The van der Waals surface area contributed by atoms with Gasteiger partial charge in [0.2, 0.25) is 0 Å². The van der Waals surface area contributed by atoms with Gasteiger partial charge in [0.15, 0.2) is 0 Å². The zero-order valence-electron chi connectivity index (χ0n) is 17.2. The second-order valence-corrected chi connectivity index (χ2v) is 10.4. The Kier molecular flexibility index (Phi) is 6.95. The summed E-state index contributed by atoms with van der Waals surface area (Å²) in [5.74, 6) is -1.51. The van der Waals surface area contributed by atoms with Crippen LogP contribution in [0.4, 0.5) is 17.6 Å². The Morgan fingerprint density at radius 3 is 2.03 bits per heavy atom. The minimum absolute atomic E-state index is 0.0276. The number of benzene rings is 3. The van der Waals surface area contributed by atoms with E-state index in [1.165, 1.54) is 24.3 Å². The summed E-state index contributed by atoms with van der Waals surface area (Å²) in [6.07, 6.45) is 0. The number of fused-ring (bicyclic) bond motifs is 1. The normalized spacial score (nSPS) is 12.2. The van der Waals surface area contributed by atoms with Gasteiger partial charge in [0, 0.05) is 28.1 Å². The average molecular weight is 601 g/mol. The van der Waals surface area contributed by atoms with E-state index in [9.17, 15) is 30.8 Å². The van der Waals surface area contributed by atoms with E-state index >= 15 is 0 Å². The summed E-state index contributed by atoms with van der Waals surface area (Å²) >= 11 is 24.7. The molecule has 4 rings (SSSR count). The zero-order chi connectivity index (χ0) is 26.6. The predicted octanol–water partition coefficient (Wildman–Crippen LogP) is 7.64. The summed E-state index contributed by atoms with van der Waals surface area (Å²) in [5, 5.41) is 0.0193. The van der Waals surface area contributed by atoms with Crippen LogP contribution in [0, 0.1) is 5.82 Å². The van der Waals surface area contributed by atoms with Gasteiger partial charge in [-0.1, -0.05) is 46.4 Å². The minimum atomic E-state index is -6.09. The molecule has 3 aromatic carbocycles. The predicted molar refractivity (Wildman–Crippen MR) is 131 cm³/mol. The molecule has 0 aliphatic rings. The number of hydrogen-bond donors (Lipinski definition) is 0. The van der Waals surface area contributed by atoms with E-state index < -0.39 is 32.8 Å².